The van der Waals surface area contributed by atoms with Gasteiger partial charge in [0.25, 0.3) is 5.91 Å². The number of aromatic nitrogens is 2. The van der Waals surface area contributed by atoms with Crippen LogP contribution in [0, 0.1) is 19.8 Å². The van der Waals surface area contributed by atoms with Gasteiger partial charge < -0.3 is 9.74 Å². The van der Waals surface area contributed by atoms with Gasteiger partial charge in [0, 0.05) is 29.0 Å². The lowest BCUT2D eigenvalue weighted by Gasteiger charge is -2.49. The SMILES string of the molecule is Cc1ncnc(C)c1C(=O)N1CCC(C)(N2CCC(/C(=N\OC(C)C)c3ccc(Br)cc3)CC2)CC1. The molecule has 0 spiro atoms. The molecule has 36 heavy (non-hydrogen) atoms. The van der Waals surface area contributed by atoms with E-state index in [9.17, 15) is 4.79 Å². The Hall–Kier alpha value is -2.32. The summed E-state index contributed by atoms with van der Waals surface area (Å²) in [6, 6.07) is 8.37. The summed E-state index contributed by atoms with van der Waals surface area (Å²) < 4.78 is 1.06. The molecule has 8 heteroatoms. The molecule has 0 atom stereocenters. The van der Waals surface area contributed by atoms with Crippen LogP contribution in [0.1, 0.15) is 73.8 Å². The molecule has 194 valence electrons. The molecule has 0 saturated carbocycles. The molecule has 0 aliphatic carbocycles. The van der Waals surface area contributed by atoms with Gasteiger partial charge in [0.15, 0.2) is 0 Å². The molecule has 0 unspecified atom stereocenters. The van der Waals surface area contributed by atoms with Gasteiger partial charge in [-0.15, -0.1) is 0 Å². The highest BCUT2D eigenvalue weighted by molar-refractivity contribution is 9.10. The second-order valence-corrected chi connectivity index (χ2v) is 11.5. The van der Waals surface area contributed by atoms with Crippen molar-refractivity contribution in [1.82, 2.24) is 19.8 Å². The van der Waals surface area contributed by atoms with Crippen molar-refractivity contribution < 1.29 is 9.63 Å². The number of likely N-dealkylation sites (tertiary alicyclic amines) is 2. The zero-order valence-corrected chi connectivity index (χ0v) is 23.7. The van der Waals surface area contributed by atoms with Crippen molar-refractivity contribution in [2.45, 2.75) is 71.9 Å². The lowest BCUT2D eigenvalue weighted by molar-refractivity contribution is 0.0158. The summed E-state index contributed by atoms with van der Waals surface area (Å²) in [5.41, 5.74) is 4.45. The Morgan fingerprint density at radius 2 is 1.64 bits per heavy atom. The standard InChI is InChI=1S/C28H38BrN5O2/c1-19(2)36-32-26(22-6-8-24(29)9-7-22)23-10-14-34(15-11-23)28(5)12-16-33(17-13-28)27(35)25-20(3)30-18-31-21(25)4/h6-9,18-19,23H,10-17H2,1-5H3/b32-26-. The van der Waals surface area contributed by atoms with E-state index in [1.54, 1.807) is 0 Å². The van der Waals surface area contributed by atoms with E-state index in [1.807, 2.05) is 32.6 Å². The fraction of sp³-hybridized carbons (Fsp3) is 0.571. The van der Waals surface area contributed by atoms with Crippen LogP contribution in [0.2, 0.25) is 0 Å². The zero-order chi connectivity index (χ0) is 25.9. The normalized spacial score (nSPS) is 19.5. The smallest absolute Gasteiger partial charge is 0.257 e. The largest absolute Gasteiger partial charge is 0.393 e. The van der Waals surface area contributed by atoms with Crippen LogP contribution >= 0.6 is 15.9 Å². The molecule has 0 bridgehead atoms. The van der Waals surface area contributed by atoms with E-state index in [-0.39, 0.29) is 17.6 Å². The molecule has 2 aliphatic heterocycles. The summed E-state index contributed by atoms with van der Waals surface area (Å²) in [5.74, 6) is 0.433. The van der Waals surface area contributed by atoms with Crippen molar-refractivity contribution in [1.29, 1.82) is 0 Å². The summed E-state index contributed by atoms with van der Waals surface area (Å²) in [6.07, 6.45) is 5.62. The van der Waals surface area contributed by atoms with Crippen LogP contribution in [-0.4, -0.2) is 69.2 Å². The Balaban J connectivity index is 1.39. The number of halogens is 1. The third-order valence-electron chi connectivity index (χ3n) is 7.72. The Morgan fingerprint density at radius 1 is 1.06 bits per heavy atom. The number of benzene rings is 1. The van der Waals surface area contributed by atoms with Crippen LogP contribution < -0.4 is 0 Å². The predicted molar refractivity (Wildman–Crippen MR) is 146 cm³/mol. The van der Waals surface area contributed by atoms with Crippen LogP contribution in [0.15, 0.2) is 40.2 Å². The van der Waals surface area contributed by atoms with E-state index in [0.29, 0.717) is 11.5 Å². The first-order valence-electron chi connectivity index (χ1n) is 13.0. The molecule has 1 aromatic carbocycles. The number of piperidine rings is 2. The monoisotopic (exact) mass is 555 g/mol. The lowest BCUT2D eigenvalue weighted by atomic mass is 9.82. The predicted octanol–water partition coefficient (Wildman–Crippen LogP) is 5.39. The van der Waals surface area contributed by atoms with Crippen LogP contribution in [-0.2, 0) is 4.84 Å². The van der Waals surface area contributed by atoms with E-state index in [0.717, 1.165) is 79.0 Å². The van der Waals surface area contributed by atoms with E-state index in [4.69, 9.17) is 4.84 Å². The lowest BCUT2D eigenvalue weighted by Crippen LogP contribution is -2.56. The fourth-order valence-corrected chi connectivity index (χ4v) is 5.67. The van der Waals surface area contributed by atoms with Gasteiger partial charge in [-0.2, -0.15) is 0 Å². The summed E-state index contributed by atoms with van der Waals surface area (Å²) >= 11 is 3.54. The average molecular weight is 557 g/mol. The Kier molecular flexibility index (Phi) is 8.45. The number of hydrogen-bond acceptors (Lipinski definition) is 6. The average Bonchev–Trinajstić information content (AvgIpc) is 2.85. The molecule has 1 aromatic heterocycles. The maximum absolute atomic E-state index is 13.2. The third-order valence-corrected chi connectivity index (χ3v) is 8.24. The van der Waals surface area contributed by atoms with Gasteiger partial charge >= 0.3 is 0 Å². The first-order chi connectivity index (χ1) is 17.2. The molecule has 1 amide bonds. The highest BCUT2D eigenvalue weighted by Gasteiger charge is 2.39. The summed E-state index contributed by atoms with van der Waals surface area (Å²) in [5, 5.41) is 4.60. The maximum Gasteiger partial charge on any atom is 0.257 e. The Labute approximate surface area is 223 Å². The summed E-state index contributed by atoms with van der Waals surface area (Å²) in [6.45, 7) is 13.7. The molecule has 4 rings (SSSR count). The Bertz CT molecular complexity index is 1070. The van der Waals surface area contributed by atoms with E-state index in [2.05, 4.69) is 67.1 Å². The van der Waals surface area contributed by atoms with Crippen molar-refractivity contribution in [3.63, 3.8) is 0 Å². The number of oxime groups is 1. The number of carbonyl (C=O) groups is 1. The highest BCUT2D eigenvalue weighted by Crippen LogP contribution is 2.34. The summed E-state index contributed by atoms with van der Waals surface area (Å²) in [4.78, 5) is 32.0. The molecule has 7 nitrogen and oxygen atoms in total. The molecule has 2 aliphatic rings. The minimum Gasteiger partial charge on any atom is -0.393 e. The first-order valence-corrected chi connectivity index (χ1v) is 13.8. The fourth-order valence-electron chi connectivity index (χ4n) is 5.41. The first kappa shape index (κ1) is 26.7. The second-order valence-electron chi connectivity index (χ2n) is 10.6. The van der Waals surface area contributed by atoms with E-state index < -0.39 is 0 Å². The highest BCUT2D eigenvalue weighted by atomic mass is 79.9. The van der Waals surface area contributed by atoms with Crippen LogP contribution in [0.4, 0.5) is 0 Å². The van der Waals surface area contributed by atoms with Crippen molar-refractivity contribution in [2.75, 3.05) is 26.2 Å². The van der Waals surface area contributed by atoms with Crippen molar-refractivity contribution in [3.05, 3.63) is 57.6 Å². The summed E-state index contributed by atoms with van der Waals surface area (Å²) in [7, 11) is 0. The van der Waals surface area contributed by atoms with Crippen molar-refractivity contribution in [2.24, 2.45) is 11.1 Å². The van der Waals surface area contributed by atoms with Gasteiger partial charge in [0.05, 0.1) is 22.7 Å². The van der Waals surface area contributed by atoms with Crippen LogP contribution in [0.3, 0.4) is 0 Å². The number of nitrogens with zero attached hydrogens (tertiary/aromatic N) is 5. The van der Waals surface area contributed by atoms with E-state index in [1.165, 1.54) is 6.33 Å². The van der Waals surface area contributed by atoms with Crippen molar-refractivity contribution >= 4 is 27.5 Å². The van der Waals surface area contributed by atoms with E-state index >= 15 is 0 Å². The molecular weight excluding hydrogens is 518 g/mol. The minimum absolute atomic E-state index is 0.0531. The molecule has 0 radical (unpaired) electrons. The number of hydrogen-bond donors (Lipinski definition) is 0. The number of rotatable bonds is 6. The van der Waals surface area contributed by atoms with Crippen LogP contribution in [0.5, 0.6) is 0 Å². The van der Waals surface area contributed by atoms with Gasteiger partial charge in [-0.3, -0.25) is 9.69 Å². The second kappa shape index (κ2) is 11.4. The molecule has 2 aromatic rings. The molecule has 2 fully saturated rings. The van der Waals surface area contributed by atoms with Gasteiger partial charge in [-0.05, 0) is 91.1 Å². The van der Waals surface area contributed by atoms with Crippen LogP contribution in [0.25, 0.3) is 0 Å². The Morgan fingerprint density at radius 3 is 2.19 bits per heavy atom. The van der Waals surface area contributed by atoms with Gasteiger partial charge in [-0.1, -0.05) is 33.2 Å². The minimum atomic E-state index is 0.0531. The zero-order valence-electron chi connectivity index (χ0n) is 22.1. The topological polar surface area (TPSA) is 70.9 Å². The quantitative estimate of drug-likeness (QED) is 0.353. The molecule has 3 heterocycles. The van der Waals surface area contributed by atoms with Gasteiger partial charge in [-0.25, -0.2) is 9.97 Å². The number of amides is 1. The third kappa shape index (κ3) is 5.97. The van der Waals surface area contributed by atoms with Gasteiger partial charge in [0.1, 0.15) is 12.4 Å². The maximum atomic E-state index is 13.2. The van der Waals surface area contributed by atoms with Crippen molar-refractivity contribution in [3.8, 4) is 0 Å². The molecule has 2 saturated heterocycles. The number of aryl methyl sites for hydroxylation is 2. The number of carbonyl (C=O) groups excluding carboxylic acids is 1. The van der Waals surface area contributed by atoms with Gasteiger partial charge in [0.2, 0.25) is 0 Å². The molecular formula is C28H38BrN5O2. The molecule has 0 N–H and O–H groups in total.